The molecule has 1 unspecified atom stereocenters. The molecule has 0 bridgehead atoms. The first-order valence-electron chi connectivity index (χ1n) is 8.71. The summed E-state index contributed by atoms with van der Waals surface area (Å²) in [6, 6.07) is -1.15. The molecule has 3 heterocycles. The number of halogens is 6. The second-order valence-corrected chi connectivity index (χ2v) is 7.44. The predicted molar refractivity (Wildman–Crippen MR) is 83.8 cm³/mol. The second kappa shape index (κ2) is 6.11. The Morgan fingerprint density at radius 3 is 2.25 bits per heavy atom. The fourth-order valence-corrected chi connectivity index (χ4v) is 4.17. The lowest BCUT2D eigenvalue weighted by Gasteiger charge is -2.42. The number of alkyl halides is 6. The molecule has 1 aliphatic carbocycles. The topological polar surface area (TPSA) is 69.6 Å². The van der Waals surface area contributed by atoms with Gasteiger partial charge in [0.1, 0.15) is 11.9 Å². The molecule has 1 saturated carbocycles. The molecule has 4 rings (SSSR count). The van der Waals surface area contributed by atoms with E-state index < -0.39 is 36.0 Å². The Kier molecular flexibility index (Phi) is 4.16. The molecule has 0 spiro atoms. The number of nitrogens with zero attached hydrogens (tertiary/aromatic N) is 4. The molecule has 12 heteroatoms. The maximum absolute atomic E-state index is 13.2. The second-order valence-electron chi connectivity index (χ2n) is 7.44. The summed E-state index contributed by atoms with van der Waals surface area (Å²) in [5, 5.41) is 8.85. The quantitative estimate of drug-likeness (QED) is 0.770. The van der Waals surface area contributed by atoms with Crippen LogP contribution in [0.15, 0.2) is 6.07 Å². The molecule has 4 atom stereocenters. The standard InChI is InChI=1S/C16H16F6N4O2/c17-15(18,19)10-4-12(25-5-8-7(3-13(27)28)9(8)6-25)24-14(23-10)26-2-1-11(26)16(20,21)22/h4,7-9,11H,1-3,5-6H2,(H,27,28)/t7-,8+,9-,11?. The van der Waals surface area contributed by atoms with E-state index in [1.807, 2.05) is 0 Å². The van der Waals surface area contributed by atoms with E-state index in [-0.39, 0.29) is 43.0 Å². The van der Waals surface area contributed by atoms with E-state index in [1.165, 1.54) is 0 Å². The summed E-state index contributed by atoms with van der Waals surface area (Å²) in [7, 11) is 0. The normalized spacial score (nSPS) is 29.5. The molecule has 2 aliphatic heterocycles. The third-order valence-electron chi connectivity index (χ3n) is 5.75. The summed E-state index contributed by atoms with van der Waals surface area (Å²) in [6.45, 7) is 0.592. The summed E-state index contributed by atoms with van der Waals surface area (Å²) in [5.74, 6) is -1.49. The molecule has 0 amide bonds. The van der Waals surface area contributed by atoms with Gasteiger partial charge in [-0.25, -0.2) is 4.98 Å². The smallest absolute Gasteiger partial charge is 0.433 e. The van der Waals surface area contributed by atoms with Crippen LogP contribution in [0, 0.1) is 17.8 Å². The molecule has 3 aliphatic rings. The van der Waals surface area contributed by atoms with E-state index in [0.29, 0.717) is 13.1 Å². The van der Waals surface area contributed by atoms with Gasteiger partial charge in [0.2, 0.25) is 5.95 Å². The number of aliphatic carboxylic acids is 1. The number of carboxylic acids is 1. The number of hydrogen-bond acceptors (Lipinski definition) is 5. The largest absolute Gasteiger partial charge is 0.481 e. The van der Waals surface area contributed by atoms with Crippen LogP contribution in [0.1, 0.15) is 18.5 Å². The molecule has 2 saturated heterocycles. The van der Waals surface area contributed by atoms with Crippen molar-refractivity contribution in [2.75, 3.05) is 29.4 Å². The van der Waals surface area contributed by atoms with Gasteiger partial charge >= 0.3 is 18.3 Å². The molecule has 3 fully saturated rings. The minimum Gasteiger partial charge on any atom is -0.481 e. The van der Waals surface area contributed by atoms with Crippen molar-refractivity contribution in [3.8, 4) is 0 Å². The number of carboxylic acid groups (broad SMARTS) is 1. The van der Waals surface area contributed by atoms with Crippen molar-refractivity contribution in [1.82, 2.24) is 9.97 Å². The predicted octanol–water partition coefficient (Wildman–Crippen LogP) is 2.79. The lowest BCUT2D eigenvalue weighted by molar-refractivity contribution is -0.160. The van der Waals surface area contributed by atoms with Crippen molar-refractivity contribution in [3.63, 3.8) is 0 Å². The molecule has 0 radical (unpaired) electrons. The lowest BCUT2D eigenvalue weighted by atomic mass is 10.0. The monoisotopic (exact) mass is 410 g/mol. The summed E-state index contributed by atoms with van der Waals surface area (Å²) in [6.07, 6.45) is -9.61. The Labute approximate surface area is 155 Å². The van der Waals surface area contributed by atoms with Crippen molar-refractivity contribution in [1.29, 1.82) is 0 Å². The van der Waals surface area contributed by atoms with Crippen LogP contribution in [0.4, 0.5) is 38.1 Å². The number of carbonyl (C=O) groups is 1. The zero-order valence-corrected chi connectivity index (χ0v) is 14.3. The first-order valence-corrected chi connectivity index (χ1v) is 8.71. The highest BCUT2D eigenvalue weighted by Crippen LogP contribution is 2.54. The Balaban J connectivity index is 1.58. The molecular formula is C16H16F6N4O2. The van der Waals surface area contributed by atoms with Crippen molar-refractivity contribution in [2.45, 2.75) is 31.2 Å². The fraction of sp³-hybridized carbons (Fsp3) is 0.688. The van der Waals surface area contributed by atoms with Gasteiger partial charge in [0.25, 0.3) is 0 Å². The minimum absolute atomic E-state index is 0.00698. The van der Waals surface area contributed by atoms with Crippen molar-refractivity contribution >= 4 is 17.7 Å². The van der Waals surface area contributed by atoms with Crippen molar-refractivity contribution in [2.24, 2.45) is 17.8 Å². The Morgan fingerprint density at radius 2 is 1.79 bits per heavy atom. The molecule has 1 N–H and O–H groups in total. The van der Waals surface area contributed by atoms with E-state index in [9.17, 15) is 31.1 Å². The van der Waals surface area contributed by atoms with Crippen molar-refractivity contribution < 1.29 is 36.2 Å². The van der Waals surface area contributed by atoms with Gasteiger partial charge in [0.05, 0.1) is 0 Å². The summed E-state index contributed by atoms with van der Waals surface area (Å²) in [4.78, 5) is 20.4. The van der Waals surface area contributed by atoms with E-state index in [2.05, 4.69) is 9.97 Å². The van der Waals surface area contributed by atoms with E-state index >= 15 is 0 Å². The first-order chi connectivity index (χ1) is 12.9. The van der Waals surface area contributed by atoms with Crippen LogP contribution in [-0.2, 0) is 11.0 Å². The van der Waals surface area contributed by atoms with Crippen LogP contribution < -0.4 is 9.80 Å². The number of fused-ring (bicyclic) bond motifs is 1. The fourth-order valence-electron chi connectivity index (χ4n) is 4.17. The maximum Gasteiger partial charge on any atom is 0.433 e. The van der Waals surface area contributed by atoms with Crippen LogP contribution in [-0.4, -0.2) is 52.9 Å². The number of hydrogen-bond donors (Lipinski definition) is 1. The molecule has 28 heavy (non-hydrogen) atoms. The first kappa shape index (κ1) is 19.1. The van der Waals surface area contributed by atoms with Gasteiger partial charge in [-0.05, 0) is 24.2 Å². The van der Waals surface area contributed by atoms with E-state index in [1.54, 1.807) is 4.90 Å². The SMILES string of the molecule is O=C(O)C[C@H]1[C@H]2CN(c3cc(C(F)(F)F)nc(N4CCC4C(F)(F)F)n3)C[C@@H]12. The lowest BCUT2D eigenvalue weighted by Crippen LogP contribution is -2.56. The minimum atomic E-state index is -4.82. The number of rotatable bonds is 4. The maximum atomic E-state index is 13.2. The average molecular weight is 410 g/mol. The Morgan fingerprint density at radius 1 is 1.14 bits per heavy atom. The molecule has 6 nitrogen and oxygen atoms in total. The van der Waals surface area contributed by atoms with Gasteiger partial charge in [0, 0.05) is 32.1 Å². The highest BCUT2D eigenvalue weighted by atomic mass is 19.4. The van der Waals surface area contributed by atoms with Crippen molar-refractivity contribution in [3.05, 3.63) is 11.8 Å². The van der Waals surface area contributed by atoms with Crippen LogP contribution in [0.2, 0.25) is 0 Å². The van der Waals surface area contributed by atoms with Crippen LogP contribution >= 0.6 is 0 Å². The zero-order valence-electron chi connectivity index (χ0n) is 14.3. The van der Waals surface area contributed by atoms with Gasteiger partial charge in [-0.3, -0.25) is 4.79 Å². The van der Waals surface area contributed by atoms with Crippen LogP contribution in [0.3, 0.4) is 0 Å². The van der Waals surface area contributed by atoms with Gasteiger partial charge in [-0.1, -0.05) is 0 Å². The van der Waals surface area contributed by atoms with E-state index in [4.69, 9.17) is 5.11 Å². The van der Waals surface area contributed by atoms with Gasteiger partial charge in [-0.15, -0.1) is 0 Å². The molecule has 0 aromatic carbocycles. The van der Waals surface area contributed by atoms with Crippen LogP contribution in [0.5, 0.6) is 0 Å². The third-order valence-corrected chi connectivity index (χ3v) is 5.75. The van der Waals surface area contributed by atoms with Crippen LogP contribution in [0.25, 0.3) is 0 Å². The number of aromatic nitrogens is 2. The summed E-state index contributed by atoms with van der Waals surface area (Å²) < 4.78 is 78.7. The number of piperidine rings is 1. The van der Waals surface area contributed by atoms with Gasteiger partial charge in [0.15, 0.2) is 5.69 Å². The third kappa shape index (κ3) is 3.32. The zero-order chi connectivity index (χ0) is 20.4. The molecule has 1 aromatic heterocycles. The summed E-state index contributed by atoms with van der Waals surface area (Å²) >= 11 is 0. The highest BCUT2D eigenvalue weighted by Gasteiger charge is 2.56. The molecule has 1 aromatic rings. The van der Waals surface area contributed by atoms with E-state index in [0.717, 1.165) is 11.0 Å². The molecule has 154 valence electrons. The Bertz CT molecular complexity index is 786. The average Bonchev–Trinajstić information content (AvgIpc) is 2.95. The Hall–Kier alpha value is -2.27. The van der Waals surface area contributed by atoms with Gasteiger partial charge < -0.3 is 14.9 Å². The number of anilines is 2. The highest BCUT2D eigenvalue weighted by molar-refractivity contribution is 5.68. The van der Waals surface area contributed by atoms with Gasteiger partial charge in [-0.2, -0.15) is 31.3 Å². The summed E-state index contributed by atoms with van der Waals surface area (Å²) in [5.41, 5.74) is -1.29. The molecular weight excluding hydrogens is 394 g/mol.